The first-order valence-corrected chi connectivity index (χ1v) is 4.51. The smallest absolute Gasteiger partial charge is 0.0882 e. The third-order valence-corrected chi connectivity index (χ3v) is 2.25. The first kappa shape index (κ1) is 11.0. The van der Waals surface area contributed by atoms with E-state index in [0.29, 0.717) is 0 Å². The minimum absolute atomic E-state index is 0. The van der Waals surface area contributed by atoms with Crippen LogP contribution in [-0.4, -0.2) is 9.97 Å². The number of aromatic amines is 1. The second-order valence-corrected chi connectivity index (χ2v) is 3.16. The van der Waals surface area contributed by atoms with Crippen LogP contribution in [0.4, 0.5) is 0 Å². The predicted octanol–water partition coefficient (Wildman–Crippen LogP) is 2.39. The summed E-state index contributed by atoms with van der Waals surface area (Å²) in [6.07, 6.45) is 2.81. The number of aromatic nitrogens is 2. The van der Waals surface area contributed by atoms with Crippen LogP contribution in [0.15, 0.2) is 24.4 Å². The van der Waals surface area contributed by atoms with E-state index in [2.05, 4.69) is 16.9 Å². The highest BCUT2D eigenvalue weighted by molar-refractivity contribution is 5.85. The van der Waals surface area contributed by atoms with E-state index in [1.807, 2.05) is 24.4 Å². The number of nitrogens with one attached hydrogen (secondary N) is 1. The van der Waals surface area contributed by atoms with Gasteiger partial charge in [0.1, 0.15) is 0 Å². The lowest BCUT2D eigenvalue weighted by atomic mass is 10.1. The van der Waals surface area contributed by atoms with Crippen molar-refractivity contribution in [2.24, 2.45) is 5.73 Å². The summed E-state index contributed by atoms with van der Waals surface area (Å²) in [5.41, 5.74) is 8.90. The summed E-state index contributed by atoms with van der Waals surface area (Å²) in [6.45, 7) is 2.06. The van der Waals surface area contributed by atoms with Crippen molar-refractivity contribution in [1.29, 1.82) is 0 Å². The van der Waals surface area contributed by atoms with E-state index >= 15 is 0 Å². The van der Waals surface area contributed by atoms with E-state index in [1.54, 1.807) is 0 Å². The molecule has 14 heavy (non-hydrogen) atoms. The molecule has 0 saturated carbocycles. The molecule has 3 N–H and O–H groups in total. The highest BCUT2D eigenvalue weighted by Gasteiger charge is 2.05. The van der Waals surface area contributed by atoms with Crippen molar-refractivity contribution < 1.29 is 0 Å². The molecule has 0 spiro atoms. The normalized spacial score (nSPS) is 12.4. The van der Waals surface area contributed by atoms with Gasteiger partial charge in [-0.1, -0.05) is 6.92 Å². The molecule has 0 bridgehead atoms. The Morgan fingerprint density at radius 1 is 1.43 bits per heavy atom. The van der Waals surface area contributed by atoms with Crippen LogP contribution < -0.4 is 5.73 Å². The van der Waals surface area contributed by atoms with Crippen molar-refractivity contribution in [2.45, 2.75) is 19.4 Å². The molecule has 3 nitrogen and oxygen atoms in total. The Morgan fingerprint density at radius 2 is 2.21 bits per heavy atom. The summed E-state index contributed by atoms with van der Waals surface area (Å²) in [7, 11) is 0. The molecule has 0 radical (unpaired) electrons. The van der Waals surface area contributed by atoms with Gasteiger partial charge in [-0.05, 0) is 24.6 Å². The molecular weight excluding hydrogens is 198 g/mol. The van der Waals surface area contributed by atoms with E-state index in [9.17, 15) is 0 Å². The van der Waals surface area contributed by atoms with Gasteiger partial charge in [0.25, 0.3) is 0 Å². The van der Waals surface area contributed by atoms with Crippen LogP contribution in [0.25, 0.3) is 11.0 Å². The second kappa shape index (κ2) is 4.44. The molecule has 2 aromatic rings. The molecule has 2 heterocycles. The largest absolute Gasteiger partial charge is 0.360 e. The highest BCUT2D eigenvalue weighted by Crippen LogP contribution is 2.15. The molecule has 0 aliphatic heterocycles. The zero-order chi connectivity index (χ0) is 9.26. The lowest BCUT2D eigenvalue weighted by Crippen LogP contribution is -2.10. The summed E-state index contributed by atoms with van der Waals surface area (Å²) < 4.78 is 0. The molecule has 0 amide bonds. The van der Waals surface area contributed by atoms with E-state index in [0.717, 1.165) is 23.1 Å². The van der Waals surface area contributed by atoms with Gasteiger partial charge in [-0.2, -0.15) is 0 Å². The van der Waals surface area contributed by atoms with Crippen molar-refractivity contribution >= 4 is 23.4 Å². The molecule has 2 rings (SSSR count). The zero-order valence-corrected chi connectivity index (χ0v) is 8.84. The van der Waals surface area contributed by atoms with Crippen molar-refractivity contribution in [3.05, 3.63) is 30.1 Å². The topological polar surface area (TPSA) is 54.7 Å². The minimum atomic E-state index is 0. The van der Waals surface area contributed by atoms with E-state index < -0.39 is 0 Å². The van der Waals surface area contributed by atoms with Crippen LogP contribution >= 0.6 is 12.4 Å². The Labute approximate surface area is 89.1 Å². The molecular formula is C10H14ClN3. The monoisotopic (exact) mass is 211 g/mol. The molecule has 0 saturated heterocycles. The van der Waals surface area contributed by atoms with E-state index in [1.165, 1.54) is 0 Å². The lowest BCUT2D eigenvalue weighted by molar-refractivity contribution is 0.679. The SMILES string of the molecule is CCC(N)c1ccc2[nH]ccc2n1.Cl. The molecule has 4 heteroatoms. The van der Waals surface area contributed by atoms with Crippen molar-refractivity contribution in [3.8, 4) is 0 Å². The quantitative estimate of drug-likeness (QED) is 0.802. The van der Waals surface area contributed by atoms with Gasteiger partial charge in [0.05, 0.1) is 16.7 Å². The predicted molar refractivity (Wildman–Crippen MR) is 60.6 cm³/mol. The highest BCUT2D eigenvalue weighted by atomic mass is 35.5. The fraction of sp³-hybridized carbons (Fsp3) is 0.300. The van der Waals surface area contributed by atoms with Crippen LogP contribution in [0, 0.1) is 0 Å². The fourth-order valence-corrected chi connectivity index (χ4v) is 1.37. The first-order chi connectivity index (χ1) is 6.31. The number of hydrogen-bond acceptors (Lipinski definition) is 2. The summed E-state index contributed by atoms with van der Waals surface area (Å²) in [5, 5.41) is 0. The molecule has 76 valence electrons. The average molecular weight is 212 g/mol. The summed E-state index contributed by atoms with van der Waals surface area (Å²) in [4.78, 5) is 7.55. The second-order valence-electron chi connectivity index (χ2n) is 3.16. The van der Waals surface area contributed by atoms with E-state index in [-0.39, 0.29) is 18.4 Å². The standard InChI is InChI=1S/C10H13N3.ClH/c1-2-7(11)8-3-4-9-10(13-8)5-6-12-9;/h3-7,12H,2,11H2,1H3;1H. The zero-order valence-electron chi connectivity index (χ0n) is 8.03. The average Bonchev–Trinajstić information content (AvgIpc) is 2.63. The van der Waals surface area contributed by atoms with Crippen LogP contribution in [0.5, 0.6) is 0 Å². The third-order valence-electron chi connectivity index (χ3n) is 2.25. The van der Waals surface area contributed by atoms with Crippen LogP contribution in [0.2, 0.25) is 0 Å². The van der Waals surface area contributed by atoms with Crippen molar-refractivity contribution in [1.82, 2.24) is 9.97 Å². The van der Waals surface area contributed by atoms with Gasteiger partial charge < -0.3 is 10.7 Å². The van der Waals surface area contributed by atoms with Gasteiger partial charge in [-0.15, -0.1) is 12.4 Å². The van der Waals surface area contributed by atoms with Gasteiger partial charge in [-0.3, -0.25) is 0 Å². The maximum atomic E-state index is 5.88. The van der Waals surface area contributed by atoms with Crippen LogP contribution in [-0.2, 0) is 0 Å². The molecule has 1 atom stereocenters. The molecule has 0 fully saturated rings. The summed E-state index contributed by atoms with van der Waals surface area (Å²) in [5.74, 6) is 0. The molecule has 2 aromatic heterocycles. The Morgan fingerprint density at radius 3 is 2.93 bits per heavy atom. The van der Waals surface area contributed by atoms with Gasteiger partial charge >= 0.3 is 0 Å². The Balaban J connectivity index is 0.000000980. The van der Waals surface area contributed by atoms with Gasteiger partial charge in [0.15, 0.2) is 0 Å². The van der Waals surface area contributed by atoms with Crippen molar-refractivity contribution in [2.75, 3.05) is 0 Å². The number of H-pyrrole nitrogens is 1. The summed E-state index contributed by atoms with van der Waals surface area (Å²) >= 11 is 0. The number of nitrogens with zero attached hydrogens (tertiary/aromatic N) is 1. The Kier molecular flexibility index (Phi) is 3.49. The Bertz CT molecular complexity index is 410. The third kappa shape index (κ3) is 1.89. The van der Waals surface area contributed by atoms with E-state index in [4.69, 9.17) is 5.73 Å². The number of hydrogen-bond donors (Lipinski definition) is 2. The maximum absolute atomic E-state index is 5.88. The minimum Gasteiger partial charge on any atom is -0.360 e. The van der Waals surface area contributed by atoms with Crippen LogP contribution in [0.1, 0.15) is 25.1 Å². The summed E-state index contributed by atoms with van der Waals surface area (Å²) in [6, 6.07) is 6.01. The number of halogens is 1. The van der Waals surface area contributed by atoms with Gasteiger partial charge in [-0.25, -0.2) is 4.98 Å². The van der Waals surface area contributed by atoms with Crippen molar-refractivity contribution in [3.63, 3.8) is 0 Å². The van der Waals surface area contributed by atoms with Gasteiger partial charge in [0, 0.05) is 12.2 Å². The number of nitrogens with two attached hydrogens (primary N) is 1. The molecule has 0 aliphatic rings. The van der Waals surface area contributed by atoms with Gasteiger partial charge in [0.2, 0.25) is 0 Å². The molecule has 1 unspecified atom stereocenters. The maximum Gasteiger partial charge on any atom is 0.0882 e. The first-order valence-electron chi connectivity index (χ1n) is 4.51. The number of rotatable bonds is 2. The number of fused-ring (bicyclic) bond motifs is 1. The molecule has 0 aliphatic carbocycles. The van der Waals surface area contributed by atoms with Crippen LogP contribution in [0.3, 0.4) is 0 Å². The Hall–Kier alpha value is -1.06. The lowest BCUT2D eigenvalue weighted by Gasteiger charge is -2.07. The fourth-order valence-electron chi connectivity index (χ4n) is 1.37. The number of pyridine rings is 1. The molecule has 0 aromatic carbocycles.